The topological polar surface area (TPSA) is 30.2 Å². The number of carbonyl (C=O) groups is 1. The van der Waals surface area contributed by atoms with Gasteiger partial charge in [-0.05, 0) is 38.2 Å². The van der Waals surface area contributed by atoms with E-state index in [1.165, 1.54) is 18.4 Å². The van der Waals surface area contributed by atoms with E-state index >= 15 is 0 Å². The molecule has 0 spiro atoms. The molecule has 1 aliphatic rings. The van der Waals surface area contributed by atoms with E-state index in [9.17, 15) is 4.79 Å². The van der Waals surface area contributed by atoms with Gasteiger partial charge in [-0.25, -0.2) is 0 Å². The van der Waals surface area contributed by atoms with Gasteiger partial charge in [0, 0.05) is 6.42 Å². The maximum Gasteiger partial charge on any atom is 0.170 e. The minimum atomic E-state index is 0.189. The highest BCUT2D eigenvalue weighted by Gasteiger charge is 2.14. The highest BCUT2D eigenvalue weighted by atomic mass is 16.3. The number of hydrogen-bond donors (Lipinski definition) is 0. The lowest BCUT2D eigenvalue weighted by Crippen LogP contribution is -2.03. The molecule has 80 valence electrons. The Morgan fingerprint density at radius 2 is 2.27 bits per heavy atom. The number of allylic oxidation sites excluding steroid dienone is 2. The van der Waals surface area contributed by atoms with Crippen LogP contribution in [-0.4, -0.2) is 5.78 Å². The van der Waals surface area contributed by atoms with Gasteiger partial charge < -0.3 is 4.42 Å². The molecule has 0 saturated carbocycles. The molecule has 0 aliphatic heterocycles. The Bertz CT molecular complexity index is 385. The zero-order valence-corrected chi connectivity index (χ0v) is 9.08. The minimum Gasteiger partial charge on any atom is -0.472 e. The summed E-state index contributed by atoms with van der Waals surface area (Å²) in [6.45, 7) is 1.91. The maximum absolute atomic E-state index is 11.9. The molecule has 15 heavy (non-hydrogen) atoms. The number of hydrogen-bond acceptors (Lipinski definition) is 2. The molecule has 2 nitrogen and oxygen atoms in total. The van der Waals surface area contributed by atoms with Crippen LogP contribution in [0.3, 0.4) is 0 Å². The summed E-state index contributed by atoms with van der Waals surface area (Å²) in [5, 5.41) is 0. The average Bonchev–Trinajstić information content (AvgIpc) is 2.66. The smallest absolute Gasteiger partial charge is 0.170 e. The van der Waals surface area contributed by atoms with Crippen molar-refractivity contribution in [2.24, 2.45) is 0 Å². The molecule has 2 heteroatoms. The lowest BCUT2D eigenvalue weighted by molar-refractivity contribution is 0.0990. The molecule has 1 aromatic rings. The van der Waals surface area contributed by atoms with Crippen molar-refractivity contribution in [1.29, 1.82) is 0 Å². The first-order valence-corrected chi connectivity index (χ1v) is 5.51. The molecule has 0 bridgehead atoms. The fraction of sp³-hybridized carbons (Fsp3) is 0.462. The van der Waals surface area contributed by atoms with Crippen LogP contribution in [0.2, 0.25) is 0 Å². The van der Waals surface area contributed by atoms with Crippen LogP contribution in [0.15, 0.2) is 28.6 Å². The molecule has 0 unspecified atom stereocenters. The molecule has 2 rings (SSSR count). The largest absolute Gasteiger partial charge is 0.472 e. The van der Waals surface area contributed by atoms with E-state index in [1.807, 2.05) is 6.92 Å². The lowest BCUT2D eigenvalue weighted by Gasteiger charge is -2.11. The summed E-state index contributed by atoms with van der Waals surface area (Å²) in [6.07, 6.45) is 10.7. The van der Waals surface area contributed by atoms with Gasteiger partial charge in [-0.15, -0.1) is 0 Å². The van der Waals surface area contributed by atoms with Gasteiger partial charge in [0.25, 0.3) is 0 Å². The monoisotopic (exact) mass is 204 g/mol. The number of aryl methyl sites for hydroxylation is 1. The molecule has 0 fully saturated rings. The van der Waals surface area contributed by atoms with Crippen LogP contribution in [0.4, 0.5) is 0 Å². The molecule has 0 aromatic carbocycles. The summed E-state index contributed by atoms with van der Waals surface area (Å²) in [6, 6.07) is 0. The fourth-order valence-corrected chi connectivity index (χ4v) is 2.01. The first kappa shape index (κ1) is 10.2. The summed E-state index contributed by atoms with van der Waals surface area (Å²) in [7, 11) is 0. The average molecular weight is 204 g/mol. The van der Waals surface area contributed by atoms with Crippen molar-refractivity contribution in [2.45, 2.75) is 39.0 Å². The van der Waals surface area contributed by atoms with Crippen LogP contribution in [0.5, 0.6) is 0 Å². The predicted molar refractivity (Wildman–Crippen MR) is 58.9 cm³/mol. The van der Waals surface area contributed by atoms with Crippen LogP contribution in [0, 0.1) is 6.92 Å². The van der Waals surface area contributed by atoms with E-state index in [0.29, 0.717) is 6.42 Å². The third-order valence-corrected chi connectivity index (χ3v) is 2.93. The normalized spacial score (nSPS) is 16.2. The van der Waals surface area contributed by atoms with E-state index < -0.39 is 0 Å². The Kier molecular flexibility index (Phi) is 3.05. The van der Waals surface area contributed by atoms with Crippen LogP contribution in [0.1, 0.15) is 48.0 Å². The van der Waals surface area contributed by atoms with Gasteiger partial charge in [-0.1, -0.05) is 11.6 Å². The summed E-state index contributed by atoms with van der Waals surface area (Å²) in [5.41, 5.74) is 2.98. The zero-order valence-electron chi connectivity index (χ0n) is 9.08. The van der Waals surface area contributed by atoms with Crippen LogP contribution in [0.25, 0.3) is 0 Å². The Morgan fingerprint density at radius 3 is 2.87 bits per heavy atom. The molecule has 1 aromatic heterocycles. The number of carbonyl (C=O) groups excluding carboxylic acids is 1. The van der Waals surface area contributed by atoms with Crippen molar-refractivity contribution in [3.63, 3.8) is 0 Å². The molecule has 0 saturated heterocycles. The second-order valence-electron chi connectivity index (χ2n) is 4.18. The van der Waals surface area contributed by atoms with Crippen molar-refractivity contribution < 1.29 is 9.21 Å². The first-order chi connectivity index (χ1) is 7.27. The Morgan fingerprint density at radius 1 is 1.40 bits per heavy atom. The predicted octanol–water partition coefficient (Wildman–Crippen LogP) is 3.66. The highest BCUT2D eigenvalue weighted by molar-refractivity contribution is 5.98. The third-order valence-electron chi connectivity index (χ3n) is 2.93. The van der Waals surface area contributed by atoms with E-state index in [2.05, 4.69) is 6.08 Å². The van der Waals surface area contributed by atoms with Crippen molar-refractivity contribution in [3.8, 4) is 0 Å². The van der Waals surface area contributed by atoms with Crippen LogP contribution < -0.4 is 0 Å². The molecule has 0 amide bonds. The van der Waals surface area contributed by atoms with Gasteiger partial charge in [0.15, 0.2) is 5.78 Å². The number of furan rings is 1. The number of ketones is 1. The molecular weight excluding hydrogens is 188 g/mol. The molecule has 0 radical (unpaired) electrons. The van der Waals surface area contributed by atoms with E-state index in [1.54, 1.807) is 12.5 Å². The van der Waals surface area contributed by atoms with Gasteiger partial charge in [0.1, 0.15) is 6.26 Å². The molecule has 0 atom stereocenters. The zero-order chi connectivity index (χ0) is 10.7. The van der Waals surface area contributed by atoms with Crippen molar-refractivity contribution in [1.82, 2.24) is 0 Å². The van der Waals surface area contributed by atoms with E-state index in [4.69, 9.17) is 4.42 Å². The van der Waals surface area contributed by atoms with Gasteiger partial charge in [-0.2, -0.15) is 0 Å². The van der Waals surface area contributed by atoms with Gasteiger partial charge >= 0.3 is 0 Å². The van der Waals surface area contributed by atoms with E-state index in [0.717, 1.165) is 24.0 Å². The van der Waals surface area contributed by atoms with Gasteiger partial charge in [0.2, 0.25) is 0 Å². The fourth-order valence-electron chi connectivity index (χ4n) is 2.01. The Balaban J connectivity index is 2.04. The van der Waals surface area contributed by atoms with Crippen LogP contribution >= 0.6 is 0 Å². The van der Waals surface area contributed by atoms with Crippen molar-refractivity contribution >= 4 is 5.78 Å². The molecule has 1 heterocycles. The first-order valence-electron chi connectivity index (χ1n) is 5.51. The summed E-state index contributed by atoms with van der Waals surface area (Å²) in [4.78, 5) is 11.9. The quantitative estimate of drug-likeness (QED) is 0.555. The van der Waals surface area contributed by atoms with Crippen LogP contribution in [-0.2, 0) is 0 Å². The molecule has 1 aliphatic carbocycles. The summed E-state index contributed by atoms with van der Waals surface area (Å²) < 4.78 is 5.02. The van der Waals surface area contributed by atoms with Crippen molar-refractivity contribution in [3.05, 3.63) is 35.3 Å². The maximum atomic E-state index is 11.9. The molecular formula is C13H16O2. The van der Waals surface area contributed by atoms with E-state index in [-0.39, 0.29) is 5.78 Å². The minimum absolute atomic E-state index is 0.189. The van der Waals surface area contributed by atoms with Gasteiger partial charge in [-0.3, -0.25) is 4.79 Å². The second-order valence-corrected chi connectivity index (χ2v) is 4.18. The highest BCUT2D eigenvalue weighted by Crippen LogP contribution is 2.22. The van der Waals surface area contributed by atoms with Gasteiger partial charge in [0.05, 0.1) is 11.8 Å². The van der Waals surface area contributed by atoms with Crippen molar-refractivity contribution in [2.75, 3.05) is 0 Å². The lowest BCUT2D eigenvalue weighted by atomic mass is 9.94. The summed E-state index contributed by atoms with van der Waals surface area (Å²) in [5.74, 6) is 0.189. The standard InChI is InChI=1S/C13H16O2/c1-10-8-15-9-12(10)13(14)7-11-5-3-2-4-6-11/h5,8-9H,2-4,6-7H2,1H3. The third kappa shape index (κ3) is 2.38. The SMILES string of the molecule is Cc1cocc1C(=O)CC1=CCCCC1. The second kappa shape index (κ2) is 4.47. The molecule has 0 N–H and O–H groups in total. The Hall–Kier alpha value is -1.31. The summed E-state index contributed by atoms with van der Waals surface area (Å²) >= 11 is 0. The number of rotatable bonds is 3. The Labute approximate surface area is 90.0 Å². The number of Topliss-reactive ketones (excluding diaryl/α,β-unsaturated/α-hetero) is 1.